The normalized spacial score (nSPS) is 9.81. The third kappa shape index (κ3) is 1.66. The topological polar surface area (TPSA) is 23.8 Å². The number of nitriles is 1. The van der Waals surface area contributed by atoms with Gasteiger partial charge in [0, 0.05) is 5.56 Å². The van der Waals surface area contributed by atoms with Crippen LogP contribution in [-0.2, 0) is 0 Å². The van der Waals surface area contributed by atoms with Crippen molar-refractivity contribution in [1.82, 2.24) is 0 Å². The fourth-order valence-electron chi connectivity index (χ4n) is 1.50. The highest BCUT2D eigenvalue weighted by molar-refractivity contribution is 5.66. The van der Waals surface area contributed by atoms with Crippen LogP contribution in [0, 0.1) is 23.0 Å². The van der Waals surface area contributed by atoms with Gasteiger partial charge in [0.25, 0.3) is 0 Å². The third-order valence-electron chi connectivity index (χ3n) is 2.29. The minimum Gasteiger partial charge on any atom is -0.205 e. The van der Waals surface area contributed by atoms with E-state index in [2.05, 4.69) is 0 Å². The van der Waals surface area contributed by atoms with Gasteiger partial charge in [-0.25, -0.2) is 8.78 Å². The van der Waals surface area contributed by atoms with E-state index in [0.717, 1.165) is 6.07 Å². The van der Waals surface area contributed by atoms with Crippen molar-refractivity contribution in [3.63, 3.8) is 0 Å². The van der Waals surface area contributed by atoms with Gasteiger partial charge in [-0.15, -0.1) is 0 Å². The number of benzene rings is 2. The molecule has 0 bridgehead atoms. The van der Waals surface area contributed by atoms with E-state index in [4.69, 9.17) is 5.26 Å². The molecule has 0 amide bonds. The first-order valence-corrected chi connectivity index (χ1v) is 4.67. The van der Waals surface area contributed by atoms with Crippen molar-refractivity contribution in [3.05, 3.63) is 59.7 Å². The minimum atomic E-state index is -0.834. The Morgan fingerprint density at radius 2 is 1.62 bits per heavy atom. The van der Waals surface area contributed by atoms with Crippen molar-refractivity contribution >= 4 is 0 Å². The van der Waals surface area contributed by atoms with Crippen molar-refractivity contribution in [2.24, 2.45) is 0 Å². The molecule has 2 aromatic carbocycles. The second-order valence-electron chi connectivity index (χ2n) is 3.26. The van der Waals surface area contributed by atoms with E-state index >= 15 is 0 Å². The van der Waals surface area contributed by atoms with Gasteiger partial charge in [0.15, 0.2) is 5.82 Å². The molecular weight excluding hydrogens is 208 g/mol. The Balaban J connectivity index is 2.65. The Morgan fingerprint density at radius 3 is 2.25 bits per heavy atom. The van der Waals surface area contributed by atoms with E-state index < -0.39 is 17.2 Å². The lowest BCUT2D eigenvalue weighted by atomic mass is 10.0. The number of hydrogen-bond donors (Lipinski definition) is 0. The summed E-state index contributed by atoms with van der Waals surface area (Å²) in [7, 11) is 0. The molecule has 0 heterocycles. The lowest BCUT2D eigenvalue weighted by Gasteiger charge is -2.04. The van der Waals surface area contributed by atoms with Crippen LogP contribution in [0.3, 0.4) is 0 Å². The minimum absolute atomic E-state index is 0.235. The lowest BCUT2D eigenvalue weighted by molar-refractivity contribution is 0.579. The van der Waals surface area contributed by atoms with Gasteiger partial charge in [0.2, 0.25) is 0 Å². The van der Waals surface area contributed by atoms with Crippen LogP contribution < -0.4 is 0 Å². The molecule has 16 heavy (non-hydrogen) atoms. The maximum atomic E-state index is 13.8. The van der Waals surface area contributed by atoms with Gasteiger partial charge in [0.1, 0.15) is 17.4 Å². The maximum absolute atomic E-state index is 13.8. The molecule has 3 heteroatoms. The molecule has 0 saturated heterocycles. The SMILES string of the molecule is N#Cc1c(F)ccc(-c2ccccc2)c1F. The smallest absolute Gasteiger partial charge is 0.151 e. The van der Waals surface area contributed by atoms with Gasteiger partial charge < -0.3 is 0 Å². The zero-order valence-corrected chi connectivity index (χ0v) is 8.24. The Bertz CT molecular complexity index is 556. The monoisotopic (exact) mass is 215 g/mol. The first kappa shape index (κ1) is 10.3. The van der Waals surface area contributed by atoms with Gasteiger partial charge in [-0.2, -0.15) is 5.26 Å². The molecule has 2 aromatic rings. The average Bonchev–Trinajstić information content (AvgIpc) is 2.31. The van der Waals surface area contributed by atoms with Crippen LogP contribution in [0.5, 0.6) is 0 Å². The average molecular weight is 215 g/mol. The first-order chi connectivity index (χ1) is 7.74. The van der Waals surface area contributed by atoms with E-state index in [1.165, 1.54) is 12.1 Å². The van der Waals surface area contributed by atoms with Gasteiger partial charge >= 0.3 is 0 Å². The summed E-state index contributed by atoms with van der Waals surface area (Å²) in [5.41, 5.74) is 0.316. The molecule has 0 spiro atoms. The molecule has 0 N–H and O–H groups in total. The van der Waals surface area contributed by atoms with Crippen molar-refractivity contribution in [2.45, 2.75) is 0 Å². The van der Waals surface area contributed by atoms with Gasteiger partial charge in [-0.05, 0) is 17.7 Å². The summed E-state index contributed by atoms with van der Waals surface area (Å²) in [6.07, 6.45) is 0. The summed E-state index contributed by atoms with van der Waals surface area (Å²) in [6.45, 7) is 0. The molecule has 0 atom stereocenters. The van der Waals surface area contributed by atoms with E-state index in [9.17, 15) is 8.78 Å². The first-order valence-electron chi connectivity index (χ1n) is 4.67. The van der Waals surface area contributed by atoms with Crippen LogP contribution in [-0.4, -0.2) is 0 Å². The van der Waals surface area contributed by atoms with Crippen molar-refractivity contribution < 1.29 is 8.78 Å². The zero-order chi connectivity index (χ0) is 11.5. The Kier molecular flexibility index (Phi) is 2.65. The summed E-state index contributed by atoms with van der Waals surface area (Å²) < 4.78 is 26.8. The molecule has 0 aliphatic carbocycles. The molecule has 0 aliphatic rings. The number of nitrogens with zero attached hydrogens (tertiary/aromatic N) is 1. The predicted molar refractivity (Wildman–Crippen MR) is 56.5 cm³/mol. The van der Waals surface area contributed by atoms with Crippen LogP contribution in [0.1, 0.15) is 5.56 Å². The Hall–Kier alpha value is -2.21. The molecule has 0 radical (unpaired) electrons. The molecule has 78 valence electrons. The second-order valence-corrected chi connectivity index (χ2v) is 3.26. The van der Waals surface area contributed by atoms with Crippen LogP contribution in [0.2, 0.25) is 0 Å². The maximum Gasteiger partial charge on any atom is 0.151 e. The lowest BCUT2D eigenvalue weighted by Crippen LogP contribution is -1.93. The number of hydrogen-bond acceptors (Lipinski definition) is 1. The van der Waals surface area contributed by atoms with E-state index in [-0.39, 0.29) is 5.56 Å². The number of halogens is 2. The van der Waals surface area contributed by atoms with Crippen molar-refractivity contribution in [3.8, 4) is 17.2 Å². The van der Waals surface area contributed by atoms with Crippen molar-refractivity contribution in [1.29, 1.82) is 5.26 Å². The van der Waals surface area contributed by atoms with Crippen LogP contribution >= 0.6 is 0 Å². The molecule has 1 nitrogen and oxygen atoms in total. The van der Waals surface area contributed by atoms with Crippen LogP contribution in [0.4, 0.5) is 8.78 Å². The largest absolute Gasteiger partial charge is 0.205 e. The van der Waals surface area contributed by atoms with Gasteiger partial charge in [-0.3, -0.25) is 0 Å². The summed E-state index contributed by atoms with van der Waals surface area (Å²) in [4.78, 5) is 0. The Labute approximate surface area is 91.6 Å². The fourth-order valence-corrected chi connectivity index (χ4v) is 1.50. The molecule has 2 rings (SSSR count). The highest BCUT2D eigenvalue weighted by Crippen LogP contribution is 2.25. The van der Waals surface area contributed by atoms with Crippen LogP contribution in [0.25, 0.3) is 11.1 Å². The molecular formula is C13H7F2N. The summed E-state index contributed by atoms with van der Waals surface area (Å²) in [6, 6.07) is 12.7. The standard InChI is InChI=1S/C13H7F2N/c14-12-7-6-10(13(15)11(12)8-16)9-4-2-1-3-5-9/h1-7H. The fraction of sp³-hybridized carbons (Fsp3) is 0. The molecule has 0 aliphatic heterocycles. The Morgan fingerprint density at radius 1 is 0.938 bits per heavy atom. The van der Waals surface area contributed by atoms with E-state index in [1.807, 2.05) is 0 Å². The quantitative estimate of drug-likeness (QED) is 0.714. The highest BCUT2D eigenvalue weighted by atomic mass is 19.1. The van der Waals surface area contributed by atoms with Crippen molar-refractivity contribution in [2.75, 3.05) is 0 Å². The third-order valence-corrected chi connectivity index (χ3v) is 2.29. The van der Waals surface area contributed by atoms with Gasteiger partial charge in [-0.1, -0.05) is 30.3 Å². The summed E-state index contributed by atoms with van der Waals surface area (Å²) in [5.74, 6) is -1.65. The van der Waals surface area contributed by atoms with E-state index in [0.29, 0.717) is 5.56 Å². The van der Waals surface area contributed by atoms with E-state index in [1.54, 1.807) is 30.3 Å². The highest BCUT2D eigenvalue weighted by Gasteiger charge is 2.13. The van der Waals surface area contributed by atoms with Crippen LogP contribution in [0.15, 0.2) is 42.5 Å². The zero-order valence-electron chi connectivity index (χ0n) is 8.24. The predicted octanol–water partition coefficient (Wildman–Crippen LogP) is 3.50. The molecule has 0 saturated carbocycles. The summed E-state index contributed by atoms with van der Waals surface area (Å²) in [5, 5.41) is 8.64. The molecule has 0 unspecified atom stereocenters. The second kappa shape index (κ2) is 4.11. The molecule has 0 aromatic heterocycles. The van der Waals surface area contributed by atoms with Gasteiger partial charge in [0.05, 0.1) is 0 Å². The number of rotatable bonds is 1. The summed E-state index contributed by atoms with van der Waals surface area (Å²) >= 11 is 0. The molecule has 0 fully saturated rings.